The number of allylic oxidation sites excluding steroid dienone is 3. The van der Waals surface area contributed by atoms with Gasteiger partial charge >= 0.3 is 0 Å². The lowest BCUT2D eigenvalue weighted by molar-refractivity contribution is -0.597. The molecule has 0 radical (unpaired) electrons. The van der Waals surface area contributed by atoms with E-state index in [9.17, 15) is 9.81 Å². The Hall–Kier alpha value is -1.32. The Bertz CT molecular complexity index is 358. The third-order valence-corrected chi connectivity index (χ3v) is 3.32. The van der Waals surface area contributed by atoms with E-state index in [0.29, 0.717) is 13.1 Å². The summed E-state index contributed by atoms with van der Waals surface area (Å²) in [4.78, 5) is 23.0. The van der Waals surface area contributed by atoms with Gasteiger partial charge in [-0.2, -0.15) is 0 Å². The molecular weight excluding hydrogens is 204 g/mol. The standard InChI is InChI=1S/C12H18N2O2/c15-13-9-3-1-5-11(13)7-8-12-6-2-4-10-14(12)16/h1,3,5,12H,2,4,6-10H2/q+2. The van der Waals surface area contributed by atoms with E-state index in [1.807, 2.05) is 18.2 Å². The molecule has 0 aliphatic carbocycles. The minimum Gasteiger partial charge on any atom is -0.0535 e. The van der Waals surface area contributed by atoms with Crippen LogP contribution in [0, 0.1) is 9.81 Å². The zero-order valence-electron chi connectivity index (χ0n) is 9.47. The summed E-state index contributed by atoms with van der Waals surface area (Å²) in [5, 5.41) is 0. The Morgan fingerprint density at radius 2 is 2.19 bits per heavy atom. The van der Waals surface area contributed by atoms with E-state index in [1.165, 1.54) is 4.76 Å². The molecule has 2 aliphatic rings. The fraction of sp³-hybridized carbons (Fsp3) is 0.667. The van der Waals surface area contributed by atoms with Crippen molar-refractivity contribution in [3.8, 4) is 0 Å². The molecule has 0 aromatic rings. The minimum atomic E-state index is 0.119. The fourth-order valence-corrected chi connectivity index (χ4v) is 2.32. The van der Waals surface area contributed by atoms with E-state index in [-0.39, 0.29) is 6.04 Å². The van der Waals surface area contributed by atoms with Crippen LogP contribution >= 0.6 is 0 Å². The highest BCUT2D eigenvalue weighted by atomic mass is 16.3. The minimum absolute atomic E-state index is 0.119. The second-order valence-corrected chi connectivity index (χ2v) is 4.48. The fourth-order valence-electron chi connectivity index (χ4n) is 2.32. The summed E-state index contributed by atoms with van der Waals surface area (Å²) in [6, 6.07) is 0.119. The highest BCUT2D eigenvalue weighted by Gasteiger charge is 2.30. The van der Waals surface area contributed by atoms with Gasteiger partial charge in [0.2, 0.25) is 18.3 Å². The molecular formula is C12H18N2O2+2. The van der Waals surface area contributed by atoms with E-state index < -0.39 is 0 Å². The van der Waals surface area contributed by atoms with E-state index in [0.717, 1.165) is 42.6 Å². The molecule has 1 unspecified atom stereocenters. The van der Waals surface area contributed by atoms with E-state index in [1.54, 1.807) is 0 Å². The zero-order valence-corrected chi connectivity index (χ0v) is 9.47. The smallest absolute Gasteiger partial charge is 0.0535 e. The molecule has 4 heteroatoms. The lowest BCUT2D eigenvalue weighted by Crippen LogP contribution is -2.29. The maximum absolute atomic E-state index is 11.5. The summed E-state index contributed by atoms with van der Waals surface area (Å²) in [6.45, 7) is 1.10. The summed E-state index contributed by atoms with van der Waals surface area (Å²) in [5.74, 6) is 0. The second kappa shape index (κ2) is 5.14. The molecule has 2 rings (SSSR count). The molecule has 0 aromatic carbocycles. The number of rotatable bonds is 3. The first-order valence-corrected chi connectivity index (χ1v) is 6.01. The predicted molar refractivity (Wildman–Crippen MR) is 61.1 cm³/mol. The average Bonchev–Trinajstić information content (AvgIpc) is 2.30. The summed E-state index contributed by atoms with van der Waals surface area (Å²) in [6.07, 6.45) is 10.3. The number of hydrogen-bond donors (Lipinski definition) is 0. The molecule has 0 N–H and O–H groups in total. The molecule has 1 saturated heterocycles. The van der Waals surface area contributed by atoms with Crippen molar-refractivity contribution in [1.29, 1.82) is 0 Å². The number of hydrogen-bond acceptors (Lipinski definition) is 2. The SMILES string of the molecule is O=[N+]1CC=CC=C1CCC1CCCC[N+]1=O. The molecule has 1 atom stereocenters. The van der Waals surface area contributed by atoms with Gasteiger partial charge in [0.15, 0.2) is 6.54 Å². The van der Waals surface area contributed by atoms with Gasteiger partial charge in [-0.3, -0.25) is 0 Å². The Labute approximate surface area is 95.2 Å². The molecule has 16 heavy (non-hydrogen) atoms. The van der Waals surface area contributed by atoms with Crippen molar-refractivity contribution in [1.82, 2.24) is 0 Å². The maximum atomic E-state index is 11.5. The van der Waals surface area contributed by atoms with Crippen molar-refractivity contribution < 1.29 is 9.52 Å². The molecule has 0 saturated carbocycles. The maximum Gasteiger partial charge on any atom is 0.233 e. The van der Waals surface area contributed by atoms with Gasteiger partial charge in [0.05, 0.1) is 0 Å². The second-order valence-electron chi connectivity index (χ2n) is 4.48. The summed E-state index contributed by atoms with van der Waals surface area (Å²) >= 11 is 0. The van der Waals surface area contributed by atoms with E-state index in [2.05, 4.69) is 0 Å². The van der Waals surface area contributed by atoms with Crippen molar-refractivity contribution in [2.45, 2.75) is 38.1 Å². The Balaban J connectivity index is 1.86. The highest BCUT2D eigenvalue weighted by Crippen LogP contribution is 2.20. The van der Waals surface area contributed by atoms with Gasteiger partial charge < -0.3 is 0 Å². The van der Waals surface area contributed by atoms with E-state index >= 15 is 0 Å². The molecule has 0 amide bonds. The van der Waals surface area contributed by atoms with Gasteiger partial charge in [0.1, 0.15) is 0 Å². The first-order valence-electron chi connectivity index (χ1n) is 6.01. The molecule has 0 bridgehead atoms. The summed E-state index contributed by atoms with van der Waals surface area (Å²) < 4.78 is 2.20. The van der Waals surface area contributed by atoms with Gasteiger partial charge in [0.25, 0.3) is 0 Å². The molecule has 1 fully saturated rings. The van der Waals surface area contributed by atoms with Crippen molar-refractivity contribution >= 4 is 0 Å². The molecule has 2 heterocycles. The summed E-state index contributed by atoms with van der Waals surface area (Å²) in [7, 11) is 0. The Kier molecular flexibility index (Phi) is 3.59. The molecule has 4 nitrogen and oxygen atoms in total. The van der Waals surface area contributed by atoms with Gasteiger partial charge in [0, 0.05) is 51.1 Å². The van der Waals surface area contributed by atoms with Crippen LogP contribution in [0.15, 0.2) is 23.9 Å². The molecule has 2 aliphatic heterocycles. The first-order chi connectivity index (χ1) is 7.77. The van der Waals surface area contributed by atoms with Gasteiger partial charge in [-0.15, -0.1) is 0 Å². The van der Waals surface area contributed by atoms with Crippen molar-refractivity contribution in [2.75, 3.05) is 13.1 Å². The van der Waals surface area contributed by atoms with Crippen LogP contribution in [0.1, 0.15) is 32.1 Å². The average molecular weight is 222 g/mol. The van der Waals surface area contributed by atoms with Crippen LogP contribution in [-0.4, -0.2) is 28.7 Å². The normalized spacial score (nSPS) is 25.8. The number of nitrogens with zero attached hydrogens (tertiary/aromatic N) is 2. The predicted octanol–water partition coefficient (Wildman–Crippen LogP) is 2.33. The first kappa shape index (κ1) is 11.2. The van der Waals surface area contributed by atoms with Gasteiger partial charge in [-0.25, -0.2) is 0 Å². The van der Waals surface area contributed by atoms with Crippen LogP contribution in [-0.2, 0) is 0 Å². The number of nitroso groups, excluding NO2 is 2. The molecule has 86 valence electrons. The van der Waals surface area contributed by atoms with Gasteiger partial charge in [-0.05, 0) is 12.5 Å². The quantitative estimate of drug-likeness (QED) is 0.687. The topological polar surface area (TPSA) is 40.2 Å². The largest absolute Gasteiger partial charge is 0.233 e. The lowest BCUT2D eigenvalue weighted by atomic mass is 9.99. The van der Waals surface area contributed by atoms with Crippen LogP contribution in [0.5, 0.6) is 0 Å². The monoisotopic (exact) mass is 222 g/mol. The van der Waals surface area contributed by atoms with Gasteiger partial charge in [-0.1, -0.05) is 6.08 Å². The third-order valence-electron chi connectivity index (χ3n) is 3.32. The third kappa shape index (κ3) is 2.62. The van der Waals surface area contributed by atoms with Crippen LogP contribution in [0.2, 0.25) is 0 Å². The van der Waals surface area contributed by atoms with Crippen molar-refractivity contribution in [2.24, 2.45) is 0 Å². The zero-order chi connectivity index (χ0) is 11.4. The summed E-state index contributed by atoms with van der Waals surface area (Å²) in [5.41, 5.74) is 0.807. The van der Waals surface area contributed by atoms with Crippen LogP contribution < -0.4 is 0 Å². The lowest BCUT2D eigenvalue weighted by Gasteiger charge is -2.13. The number of piperidine rings is 1. The van der Waals surface area contributed by atoms with Crippen molar-refractivity contribution in [3.63, 3.8) is 0 Å². The van der Waals surface area contributed by atoms with Crippen LogP contribution in [0.25, 0.3) is 0 Å². The van der Waals surface area contributed by atoms with Crippen molar-refractivity contribution in [3.05, 3.63) is 33.7 Å². The Morgan fingerprint density at radius 3 is 2.94 bits per heavy atom. The Morgan fingerprint density at radius 1 is 1.31 bits per heavy atom. The molecule has 0 aromatic heterocycles. The van der Waals surface area contributed by atoms with Crippen LogP contribution in [0.3, 0.4) is 0 Å². The highest BCUT2D eigenvalue weighted by molar-refractivity contribution is 5.10. The molecule has 0 spiro atoms. The van der Waals surface area contributed by atoms with Crippen LogP contribution in [0.4, 0.5) is 0 Å². The van der Waals surface area contributed by atoms with E-state index in [4.69, 9.17) is 0 Å².